The second-order valence-corrected chi connectivity index (χ2v) is 8.86. The topological polar surface area (TPSA) is 27.0 Å². The van der Waals surface area contributed by atoms with E-state index in [1.54, 1.807) is 0 Å². The van der Waals surface area contributed by atoms with Crippen molar-refractivity contribution in [1.82, 2.24) is 4.90 Å². The molecule has 30 heavy (non-hydrogen) atoms. The van der Waals surface area contributed by atoms with E-state index < -0.39 is 5.41 Å². The van der Waals surface area contributed by atoms with E-state index in [-0.39, 0.29) is 5.82 Å². The molecule has 0 heterocycles. The summed E-state index contributed by atoms with van der Waals surface area (Å²) < 4.78 is 13.6. The summed E-state index contributed by atoms with van der Waals surface area (Å²) in [6, 6.07) is 20.4. The predicted molar refractivity (Wildman–Crippen MR) is 121 cm³/mol. The van der Waals surface area contributed by atoms with Crippen molar-refractivity contribution >= 4 is 0 Å². The first-order chi connectivity index (χ1) is 14.6. The number of hydrogen-bond acceptors (Lipinski definition) is 2. The molecular formula is C27H35FN2. The average Bonchev–Trinajstić information content (AvgIpc) is 2.80. The Morgan fingerprint density at radius 2 is 1.73 bits per heavy atom. The fourth-order valence-corrected chi connectivity index (χ4v) is 5.15. The van der Waals surface area contributed by atoms with Crippen LogP contribution in [-0.4, -0.2) is 17.5 Å². The van der Waals surface area contributed by atoms with Crippen LogP contribution in [-0.2, 0) is 12.0 Å². The molecule has 0 saturated heterocycles. The van der Waals surface area contributed by atoms with Crippen LogP contribution in [0.2, 0.25) is 0 Å². The highest BCUT2D eigenvalue weighted by molar-refractivity contribution is 5.34. The lowest BCUT2D eigenvalue weighted by molar-refractivity contribution is 0.172. The first kappa shape index (κ1) is 22.5. The standard InChI is InChI=1S/C27H35FN2/c1-3-30(20-23-10-6-4-7-11-23)22(2)18-19-27(21-29,24-12-8-5-9-13-24)25-14-16-26(28)17-15-25/h4,6-7,10-11,14-17,22,24H,3,5,8-9,12-13,18-20H2,1-2H3. The van der Waals surface area contributed by atoms with Gasteiger partial charge in [0.05, 0.1) is 11.5 Å². The summed E-state index contributed by atoms with van der Waals surface area (Å²) in [6.45, 7) is 6.39. The monoisotopic (exact) mass is 406 g/mol. The largest absolute Gasteiger partial charge is 0.297 e. The van der Waals surface area contributed by atoms with Crippen LogP contribution in [0, 0.1) is 23.1 Å². The van der Waals surface area contributed by atoms with Crippen LogP contribution in [0.4, 0.5) is 4.39 Å². The number of benzene rings is 2. The second kappa shape index (κ2) is 10.7. The molecule has 0 bridgehead atoms. The van der Waals surface area contributed by atoms with Crippen molar-refractivity contribution in [3.63, 3.8) is 0 Å². The Balaban J connectivity index is 1.78. The quantitative estimate of drug-likeness (QED) is 0.455. The van der Waals surface area contributed by atoms with Crippen molar-refractivity contribution in [2.45, 2.75) is 76.8 Å². The molecule has 3 heteroatoms. The molecule has 0 N–H and O–H groups in total. The highest BCUT2D eigenvalue weighted by Crippen LogP contribution is 2.44. The predicted octanol–water partition coefficient (Wildman–Crippen LogP) is 6.86. The fraction of sp³-hybridized carbons (Fsp3) is 0.519. The lowest BCUT2D eigenvalue weighted by atomic mass is 9.63. The molecule has 3 rings (SSSR count). The van der Waals surface area contributed by atoms with Gasteiger partial charge in [-0.3, -0.25) is 4.90 Å². The Labute approximate surface area is 181 Å². The Morgan fingerprint density at radius 1 is 1.07 bits per heavy atom. The van der Waals surface area contributed by atoms with Crippen LogP contribution in [0.1, 0.15) is 69.9 Å². The van der Waals surface area contributed by atoms with Gasteiger partial charge in [0.25, 0.3) is 0 Å². The molecule has 2 aromatic carbocycles. The number of hydrogen-bond donors (Lipinski definition) is 0. The zero-order valence-electron chi connectivity index (χ0n) is 18.5. The normalized spacial score (nSPS) is 18.0. The van der Waals surface area contributed by atoms with Crippen LogP contribution < -0.4 is 0 Å². The molecule has 1 aliphatic rings. The summed E-state index contributed by atoms with van der Waals surface area (Å²) in [5.74, 6) is 0.126. The van der Waals surface area contributed by atoms with Crippen molar-refractivity contribution < 1.29 is 4.39 Å². The van der Waals surface area contributed by atoms with Crippen molar-refractivity contribution in [3.8, 4) is 6.07 Å². The van der Waals surface area contributed by atoms with Gasteiger partial charge in [-0.2, -0.15) is 5.26 Å². The summed E-state index contributed by atoms with van der Waals surface area (Å²) in [5, 5.41) is 10.4. The van der Waals surface area contributed by atoms with Gasteiger partial charge in [0, 0.05) is 12.6 Å². The summed E-state index contributed by atoms with van der Waals surface area (Å²) in [5.41, 5.74) is 1.80. The fourth-order valence-electron chi connectivity index (χ4n) is 5.15. The number of nitriles is 1. The van der Waals surface area contributed by atoms with E-state index in [0.717, 1.165) is 44.3 Å². The second-order valence-electron chi connectivity index (χ2n) is 8.86. The van der Waals surface area contributed by atoms with Crippen molar-refractivity contribution in [3.05, 3.63) is 71.5 Å². The van der Waals surface area contributed by atoms with Gasteiger partial charge in [-0.15, -0.1) is 0 Å². The maximum atomic E-state index is 13.6. The molecule has 0 radical (unpaired) electrons. The summed E-state index contributed by atoms with van der Waals surface area (Å²) in [4.78, 5) is 2.49. The SMILES string of the molecule is CCN(Cc1ccccc1)C(C)CCC(C#N)(c1ccc(F)cc1)C1CCCCC1. The van der Waals surface area contributed by atoms with Gasteiger partial charge < -0.3 is 0 Å². The Bertz CT molecular complexity index is 805. The van der Waals surface area contributed by atoms with Gasteiger partial charge in [0.1, 0.15) is 5.82 Å². The van der Waals surface area contributed by atoms with E-state index in [0.29, 0.717) is 12.0 Å². The molecule has 0 aliphatic heterocycles. The molecule has 2 atom stereocenters. The van der Waals surface area contributed by atoms with Crippen LogP contribution in [0.5, 0.6) is 0 Å². The molecule has 0 aromatic heterocycles. The van der Waals surface area contributed by atoms with Gasteiger partial charge in [-0.1, -0.05) is 68.7 Å². The molecule has 0 spiro atoms. The molecule has 1 saturated carbocycles. The van der Waals surface area contributed by atoms with E-state index in [1.807, 2.05) is 12.1 Å². The van der Waals surface area contributed by atoms with Crippen molar-refractivity contribution in [1.29, 1.82) is 5.26 Å². The minimum absolute atomic E-state index is 0.234. The van der Waals surface area contributed by atoms with Gasteiger partial charge in [0.2, 0.25) is 0 Å². The van der Waals surface area contributed by atoms with Crippen LogP contribution in [0.15, 0.2) is 54.6 Å². The van der Waals surface area contributed by atoms with Crippen molar-refractivity contribution in [2.24, 2.45) is 5.92 Å². The summed E-state index contributed by atoms with van der Waals surface area (Å²) >= 11 is 0. The molecule has 2 aromatic rings. The molecule has 0 amide bonds. The minimum Gasteiger partial charge on any atom is -0.297 e. The third-order valence-corrected chi connectivity index (χ3v) is 7.08. The number of nitrogens with zero attached hydrogens (tertiary/aromatic N) is 2. The Morgan fingerprint density at radius 3 is 2.33 bits per heavy atom. The van der Waals surface area contributed by atoms with Gasteiger partial charge in [-0.25, -0.2) is 4.39 Å². The highest BCUT2D eigenvalue weighted by atomic mass is 19.1. The zero-order valence-corrected chi connectivity index (χ0v) is 18.5. The smallest absolute Gasteiger partial charge is 0.123 e. The molecular weight excluding hydrogens is 371 g/mol. The Hall–Kier alpha value is -2.18. The highest BCUT2D eigenvalue weighted by Gasteiger charge is 2.41. The van der Waals surface area contributed by atoms with E-state index in [9.17, 15) is 9.65 Å². The molecule has 1 aliphatic carbocycles. The van der Waals surface area contributed by atoms with Crippen LogP contribution in [0.3, 0.4) is 0 Å². The third kappa shape index (κ3) is 5.29. The third-order valence-electron chi connectivity index (χ3n) is 7.08. The Kier molecular flexibility index (Phi) is 8.05. The molecule has 2 nitrogen and oxygen atoms in total. The van der Waals surface area contributed by atoms with Gasteiger partial charge in [-0.05, 0) is 68.3 Å². The summed E-state index contributed by atoms with van der Waals surface area (Å²) in [6.07, 6.45) is 7.63. The number of rotatable bonds is 9. The van der Waals surface area contributed by atoms with Crippen molar-refractivity contribution in [2.75, 3.05) is 6.54 Å². The number of halogens is 1. The lowest BCUT2D eigenvalue weighted by Gasteiger charge is -2.39. The maximum Gasteiger partial charge on any atom is 0.123 e. The van der Waals surface area contributed by atoms with E-state index in [1.165, 1.54) is 37.0 Å². The average molecular weight is 407 g/mol. The molecule has 2 unspecified atom stereocenters. The zero-order chi connectivity index (χ0) is 21.4. The minimum atomic E-state index is -0.519. The maximum absolute atomic E-state index is 13.6. The first-order valence-electron chi connectivity index (χ1n) is 11.5. The van der Waals surface area contributed by atoms with E-state index in [4.69, 9.17) is 0 Å². The summed E-state index contributed by atoms with van der Waals surface area (Å²) in [7, 11) is 0. The van der Waals surface area contributed by atoms with Crippen LogP contribution in [0.25, 0.3) is 0 Å². The van der Waals surface area contributed by atoms with Crippen LogP contribution >= 0.6 is 0 Å². The van der Waals surface area contributed by atoms with Gasteiger partial charge in [0.15, 0.2) is 0 Å². The van der Waals surface area contributed by atoms with E-state index >= 15 is 0 Å². The van der Waals surface area contributed by atoms with Gasteiger partial charge >= 0.3 is 0 Å². The van der Waals surface area contributed by atoms with E-state index in [2.05, 4.69) is 55.1 Å². The first-order valence-corrected chi connectivity index (χ1v) is 11.5. The lowest BCUT2D eigenvalue weighted by Crippen LogP contribution is -2.39. The molecule has 160 valence electrons. The molecule has 1 fully saturated rings.